The van der Waals surface area contributed by atoms with Gasteiger partial charge in [0.1, 0.15) is 0 Å². The first-order valence-electron chi connectivity index (χ1n) is 6.25. The molecule has 3 unspecified atom stereocenters. The zero-order valence-corrected chi connectivity index (χ0v) is 10.6. The van der Waals surface area contributed by atoms with Crippen molar-refractivity contribution < 1.29 is 14.3 Å². The van der Waals surface area contributed by atoms with E-state index in [2.05, 4.69) is 13.5 Å². The van der Waals surface area contributed by atoms with Crippen LogP contribution in [0.4, 0.5) is 0 Å². The Morgan fingerprint density at radius 2 is 2.24 bits per heavy atom. The van der Waals surface area contributed by atoms with Crippen molar-refractivity contribution in [2.75, 3.05) is 19.7 Å². The Hall–Kier alpha value is -0.870. The second kappa shape index (κ2) is 4.78. The molecule has 2 heterocycles. The van der Waals surface area contributed by atoms with E-state index in [1.165, 1.54) is 6.08 Å². The molecule has 2 rings (SSSR count). The Morgan fingerprint density at radius 3 is 2.88 bits per heavy atom. The van der Waals surface area contributed by atoms with Crippen LogP contribution >= 0.6 is 0 Å². The summed E-state index contributed by atoms with van der Waals surface area (Å²) in [4.78, 5) is 13.6. The Bertz CT molecular complexity index is 314. The summed E-state index contributed by atoms with van der Waals surface area (Å²) in [6, 6.07) is 0. The highest BCUT2D eigenvalue weighted by Crippen LogP contribution is 2.33. The fraction of sp³-hybridized carbons (Fsp3) is 0.769. The molecule has 0 bridgehead atoms. The highest BCUT2D eigenvalue weighted by Gasteiger charge is 2.43. The van der Waals surface area contributed by atoms with Gasteiger partial charge in [-0.3, -0.25) is 4.79 Å². The third-order valence-corrected chi connectivity index (χ3v) is 3.51. The summed E-state index contributed by atoms with van der Waals surface area (Å²) in [6.45, 7) is 9.66. The van der Waals surface area contributed by atoms with E-state index in [-0.39, 0.29) is 23.7 Å². The molecule has 0 saturated carbocycles. The number of nitrogens with zero attached hydrogens (tertiary/aromatic N) is 1. The van der Waals surface area contributed by atoms with Crippen LogP contribution in [-0.2, 0) is 14.3 Å². The van der Waals surface area contributed by atoms with Crippen molar-refractivity contribution in [2.45, 2.75) is 44.5 Å². The van der Waals surface area contributed by atoms with Crippen LogP contribution in [0.2, 0.25) is 0 Å². The van der Waals surface area contributed by atoms with Crippen molar-refractivity contribution >= 4 is 5.91 Å². The number of amides is 1. The zero-order chi connectivity index (χ0) is 12.5. The van der Waals surface area contributed by atoms with Gasteiger partial charge in [0.05, 0.1) is 24.4 Å². The van der Waals surface area contributed by atoms with Crippen LogP contribution in [0, 0.1) is 0 Å². The summed E-state index contributed by atoms with van der Waals surface area (Å²) in [6.07, 6.45) is 3.39. The van der Waals surface area contributed by atoms with Gasteiger partial charge >= 0.3 is 0 Å². The predicted octanol–water partition coefficient (Wildman–Crippen LogP) is 1.36. The number of carbonyl (C=O) groups is 1. The van der Waals surface area contributed by atoms with Gasteiger partial charge in [-0.2, -0.15) is 0 Å². The fourth-order valence-electron chi connectivity index (χ4n) is 2.90. The molecule has 0 radical (unpaired) electrons. The van der Waals surface area contributed by atoms with Gasteiger partial charge in [-0.15, -0.1) is 0 Å². The Labute approximate surface area is 103 Å². The summed E-state index contributed by atoms with van der Waals surface area (Å²) in [5.74, 6) is -0.00123. The van der Waals surface area contributed by atoms with Crippen LogP contribution in [0.1, 0.15) is 26.7 Å². The molecular formula is C13H21NO3. The van der Waals surface area contributed by atoms with Crippen LogP contribution in [0.3, 0.4) is 0 Å². The molecule has 2 fully saturated rings. The van der Waals surface area contributed by atoms with E-state index in [9.17, 15) is 4.79 Å². The average Bonchev–Trinajstić information content (AvgIpc) is 2.26. The summed E-state index contributed by atoms with van der Waals surface area (Å²) >= 11 is 0. The van der Waals surface area contributed by atoms with Crippen LogP contribution in [0.15, 0.2) is 12.7 Å². The first-order chi connectivity index (χ1) is 8.04. The summed E-state index contributed by atoms with van der Waals surface area (Å²) in [7, 11) is 0. The number of ether oxygens (including phenoxy) is 2. The molecule has 17 heavy (non-hydrogen) atoms. The van der Waals surface area contributed by atoms with Crippen molar-refractivity contribution in [1.29, 1.82) is 0 Å². The van der Waals surface area contributed by atoms with Crippen molar-refractivity contribution in [1.82, 2.24) is 4.90 Å². The maximum atomic E-state index is 11.7. The molecule has 2 aliphatic heterocycles. The van der Waals surface area contributed by atoms with Gasteiger partial charge in [0.2, 0.25) is 5.91 Å². The number of morpholine rings is 1. The van der Waals surface area contributed by atoms with E-state index in [1.54, 1.807) is 0 Å². The maximum Gasteiger partial charge on any atom is 0.246 e. The second-order valence-electron chi connectivity index (χ2n) is 5.17. The van der Waals surface area contributed by atoms with Crippen molar-refractivity contribution in [2.24, 2.45) is 0 Å². The van der Waals surface area contributed by atoms with Gasteiger partial charge in [-0.05, 0) is 19.9 Å². The molecule has 0 aromatic heterocycles. The number of hydrogen-bond donors (Lipinski definition) is 0. The van der Waals surface area contributed by atoms with E-state index in [1.807, 2.05) is 11.8 Å². The largest absolute Gasteiger partial charge is 0.378 e. The Balaban J connectivity index is 2.11. The quantitative estimate of drug-likeness (QED) is 0.648. The topological polar surface area (TPSA) is 38.8 Å². The number of carbonyl (C=O) groups excluding carboxylic acids is 1. The molecule has 3 atom stereocenters. The molecule has 0 aromatic carbocycles. The minimum absolute atomic E-state index is 0.00123. The SMILES string of the molecule is C=CC(=O)N1CC(C)OC2(CCOC(C)C2)C1. The Morgan fingerprint density at radius 1 is 1.47 bits per heavy atom. The smallest absolute Gasteiger partial charge is 0.246 e. The summed E-state index contributed by atoms with van der Waals surface area (Å²) in [5, 5.41) is 0. The third-order valence-electron chi connectivity index (χ3n) is 3.51. The van der Waals surface area contributed by atoms with E-state index < -0.39 is 0 Å². The van der Waals surface area contributed by atoms with Crippen LogP contribution in [0.5, 0.6) is 0 Å². The van der Waals surface area contributed by atoms with Gasteiger partial charge in [0.25, 0.3) is 0 Å². The average molecular weight is 239 g/mol. The molecule has 0 aliphatic carbocycles. The molecule has 1 spiro atoms. The van der Waals surface area contributed by atoms with Crippen molar-refractivity contribution in [3.05, 3.63) is 12.7 Å². The molecule has 2 aliphatic rings. The predicted molar refractivity (Wildman–Crippen MR) is 64.7 cm³/mol. The number of hydrogen-bond acceptors (Lipinski definition) is 3. The van der Waals surface area contributed by atoms with Gasteiger partial charge < -0.3 is 14.4 Å². The molecule has 2 saturated heterocycles. The summed E-state index contributed by atoms with van der Waals surface area (Å²) < 4.78 is 11.7. The first kappa shape index (κ1) is 12.6. The van der Waals surface area contributed by atoms with Crippen LogP contribution in [-0.4, -0.2) is 48.3 Å². The molecule has 1 amide bonds. The van der Waals surface area contributed by atoms with E-state index in [4.69, 9.17) is 9.47 Å². The minimum atomic E-state index is -0.214. The summed E-state index contributed by atoms with van der Waals surface area (Å²) in [5.41, 5.74) is -0.214. The fourth-order valence-corrected chi connectivity index (χ4v) is 2.90. The van der Waals surface area contributed by atoms with Gasteiger partial charge in [-0.25, -0.2) is 0 Å². The van der Waals surface area contributed by atoms with E-state index in [0.29, 0.717) is 19.7 Å². The lowest BCUT2D eigenvalue weighted by Crippen LogP contribution is -2.59. The third kappa shape index (κ3) is 2.69. The van der Waals surface area contributed by atoms with Gasteiger partial charge in [0, 0.05) is 26.0 Å². The van der Waals surface area contributed by atoms with Gasteiger partial charge in [-0.1, -0.05) is 6.58 Å². The lowest BCUT2D eigenvalue weighted by Gasteiger charge is -2.48. The normalized spacial score (nSPS) is 38.1. The monoisotopic (exact) mass is 239 g/mol. The van der Waals surface area contributed by atoms with E-state index >= 15 is 0 Å². The number of rotatable bonds is 1. The maximum absolute atomic E-state index is 11.7. The molecule has 4 nitrogen and oxygen atoms in total. The lowest BCUT2D eigenvalue weighted by molar-refractivity contribution is -0.198. The van der Waals surface area contributed by atoms with E-state index in [0.717, 1.165) is 12.8 Å². The lowest BCUT2D eigenvalue weighted by atomic mass is 9.88. The highest BCUT2D eigenvalue weighted by atomic mass is 16.5. The molecular weight excluding hydrogens is 218 g/mol. The minimum Gasteiger partial charge on any atom is -0.378 e. The molecule has 96 valence electrons. The molecule has 0 aromatic rings. The standard InChI is InChI=1S/C13H21NO3/c1-4-12(15)14-8-11(3)17-13(9-14)5-6-16-10(2)7-13/h4,10-11H,1,5-9H2,2-3H3. The Kier molecular flexibility index (Phi) is 3.54. The zero-order valence-electron chi connectivity index (χ0n) is 10.6. The second-order valence-corrected chi connectivity index (χ2v) is 5.17. The van der Waals surface area contributed by atoms with Crippen molar-refractivity contribution in [3.63, 3.8) is 0 Å². The highest BCUT2D eigenvalue weighted by molar-refractivity contribution is 5.87. The molecule has 0 N–H and O–H groups in total. The van der Waals surface area contributed by atoms with Crippen molar-refractivity contribution in [3.8, 4) is 0 Å². The first-order valence-corrected chi connectivity index (χ1v) is 6.25. The van der Waals surface area contributed by atoms with Crippen LogP contribution in [0.25, 0.3) is 0 Å². The van der Waals surface area contributed by atoms with Crippen LogP contribution < -0.4 is 0 Å². The molecule has 4 heteroatoms. The van der Waals surface area contributed by atoms with Gasteiger partial charge in [0.15, 0.2) is 0 Å².